The van der Waals surface area contributed by atoms with Crippen molar-refractivity contribution in [2.75, 3.05) is 27.3 Å². The number of carbonyl (C=O) groups excluding carboxylic acids is 1. The summed E-state index contributed by atoms with van der Waals surface area (Å²) in [5, 5.41) is 8.97. The molecule has 3 rings (SSSR count). The Morgan fingerprint density at radius 2 is 1.35 bits per heavy atom. The van der Waals surface area contributed by atoms with Crippen LogP contribution in [-0.2, 0) is 12.8 Å². The quantitative estimate of drug-likeness (QED) is 0.912. The summed E-state index contributed by atoms with van der Waals surface area (Å²) in [6, 6.07) is 10.00. The summed E-state index contributed by atoms with van der Waals surface area (Å²) in [4.78, 5) is 25.5. The first-order valence-electron chi connectivity index (χ1n) is 8.40. The zero-order valence-corrected chi connectivity index (χ0v) is 14.8. The number of amides is 1. The van der Waals surface area contributed by atoms with Gasteiger partial charge in [0.05, 0.1) is 19.8 Å². The summed E-state index contributed by atoms with van der Waals surface area (Å²) < 4.78 is 10.7. The topological polar surface area (TPSA) is 76.1 Å². The summed E-state index contributed by atoms with van der Waals surface area (Å²) in [5.74, 6) is 0.288. The molecule has 0 aliphatic carbocycles. The second-order valence-electron chi connectivity index (χ2n) is 6.15. The molecule has 2 aromatic rings. The number of aromatic carboxylic acids is 1. The standard InChI is InChI=1S/C20H21NO5/c1-25-17-11-15-7-9-21(10-8-16(15)12-18(17)26-2)19(22)13-3-5-14(6-4-13)20(23)24/h3-6,11-12H,7-10H2,1-2H3,(H,23,24). The van der Waals surface area contributed by atoms with E-state index in [4.69, 9.17) is 14.6 Å². The lowest BCUT2D eigenvalue weighted by atomic mass is 10.0. The molecule has 136 valence electrons. The molecule has 26 heavy (non-hydrogen) atoms. The molecular weight excluding hydrogens is 334 g/mol. The zero-order chi connectivity index (χ0) is 18.7. The highest BCUT2D eigenvalue weighted by Crippen LogP contribution is 2.32. The van der Waals surface area contributed by atoms with Crippen molar-refractivity contribution in [3.63, 3.8) is 0 Å². The van der Waals surface area contributed by atoms with Crippen LogP contribution < -0.4 is 9.47 Å². The Labute approximate surface area is 152 Å². The monoisotopic (exact) mass is 355 g/mol. The van der Waals surface area contributed by atoms with E-state index in [0.29, 0.717) is 30.2 Å². The average Bonchev–Trinajstić information content (AvgIpc) is 2.88. The normalized spacial score (nSPS) is 13.5. The van der Waals surface area contributed by atoms with Gasteiger partial charge >= 0.3 is 5.97 Å². The number of hydrogen-bond donors (Lipinski definition) is 1. The molecule has 0 fully saturated rings. The van der Waals surface area contributed by atoms with Crippen LogP contribution in [0.5, 0.6) is 11.5 Å². The van der Waals surface area contributed by atoms with Crippen molar-refractivity contribution >= 4 is 11.9 Å². The fourth-order valence-corrected chi connectivity index (χ4v) is 3.19. The Kier molecular flexibility index (Phi) is 5.11. The molecule has 0 radical (unpaired) electrons. The fourth-order valence-electron chi connectivity index (χ4n) is 3.19. The van der Waals surface area contributed by atoms with Gasteiger partial charge in [-0.1, -0.05) is 0 Å². The Morgan fingerprint density at radius 1 is 0.885 bits per heavy atom. The number of benzene rings is 2. The molecule has 2 aromatic carbocycles. The highest BCUT2D eigenvalue weighted by molar-refractivity contribution is 5.96. The van der Waals surface area contributed by atoms with E-state index in [1.807, 2.05) is 12.1 Å². The number of carboxylic acids is 1. The van der Waals surface area contributed by atoms with E-state index in [-0.39, 0.29) is 11.5 Å². The van der Waals surface area contributed by atoms with Crippen LogP contribution in [0.15, 0.2) is 36.4 Å². The Morgan fingerprint density at radius 3 is 1.77 bits per heavy atom. The summed E-state index contributed by atoms with van der Waals surface area (Å²) in [6.07, 6.45) is 1.46. The third kappa shape index (κ3) is 3.49. The molecule has 1 aliphatic heterocycles. The van der Waals surface area contributed by atoms with Crippen LogP contribution in [0.2, 0.25) is 0 Å². The highest BCUT2D eigenvalue weighted by atomic mass is 16.5. The number of nitrogens with zero attached hydrogens (tertiary/aromatic N) is 1. The summed E-state index contributed by atoms with van der Waals surface area (Å²) in [5.41, 5.74) is 2.97. The Bertz CT molecular complexity index is 794. The number of fused-ring (bicyclic) bond motifs is 1. The number of carboxylic acid groups (broad SMARTS) is 1. The second kappa shape index (κ2) is 7.47. The van der Waals surface area contributed by atoms with Crippen molar-refractivity contribution in [2.24, 2.45) is 0 Å². The Balaban J connectivity index is 1.78. The van der Waals surface area contributed by atoms with Gasteiger partial charge in [-0.3, -0.25) is 4.79 Å². The van der Waals surface area contributed by atoms with Gasteiger partial charge in [0.15, 0.2) is 11.5 Å². The van der Waals surface area contributed by atoms with E-state index in [2.05, 4.69) is 0 Å². The number of ether oxygens (including phenoxy) is 2. The van der Waals surface area contributed by atoms with Crippen LogP contribution in [0, 0.1) is 0 Å². The average molecular weight is 355 g/mol. The number of rotatable bonds is 4. The first-order chi connectivity index (χ1) is 12.5. The molecule has 0 saturated heterocycles. The third-order valence-electron chi connectivity index (χ3n) is 4.67. The lowest BCUT2D eigenvalue weighted by Gasteiger charge is -2.20. The van der Waals surface area contributed by atoms with E-state index in [1.165, 1.54) is 12.1 Å². The van der Waals surface area contributed by atoms with Crippen LogP contribution in [-0.4, -0.2) is 49.2 Å². The van der Waals surface area contributed by atoms with Gasteiger partial charge in [-0.2, -0.15) is 0 Å². The molecule has 1 aliphatic rings. The molecule has 1 heterocycles. The van der Waals surface area contributed by atoms with Crippen LogP contribution in [0.25, 0.3) is 0 Å². The first kappa shape index (κ1) is 17.8. The molecule has 0 atom stereocenters. The van der Waals surface area contributed by atoms with Gasteiger partial charge in [0, 0.05) is 18.7 Å². The summed E-state index contributed by atoms with van der Waals surface area (Å²) >= 11 is 0. The number of hydrogen-bond acceptors (Lipinski definition) is 4. The maximum absolute atomic E-state index is 12.8. The number of methoxy groups -OCH3 is 2. The number of carbonyl (C=O) groups is 2. The molecule has 0 aromatic heterocycles. The molecule has 0 saturated carbocycles. The SMILES string of the molecule is COc1cc2c(cc1OC)CCN(C(=O)c1ccc(C(=O)O)cc1)CC2. The van der Waals surface area contributed by atoms with E-state index < -0.39 is 5.97 Å². The van der Waals surface area contributed by atoms with Gasteiger partial charge in [0.2, 0.25) is 0 Å². The molecule has 1 N–H and O–H groups in total. The maximum Gasteiger partial charge on any atom is 0.335 e. The molecular formula is C20H21NO5. The third-order valence-corrected chi connectivity index (χ3v) is 4.67. The Hall–Kier alpha value is -3.02. The summed E-state index contributed by atoms with van der Waals surface area (Å²) in [7, 11) is 3.22. The minimum absolute atomic E-state index is 0.0892. The van der Waals surface area contributed by atoms with Crippen molar-refractivity contribution in [1.29, 1.82) is 0 Å². The molecule has 0 spiro atoms. The smallest absolute Gasteiger partial charge is 0.335 e. The first-order valence-corrected chi connectivity index (χ1v) is 8.40. The second-order valence-corrected chi connectivity index (χ2v) is 6.15. The van der Waals surface area contributed by atoms with Gasteiger partial charge in [0.25, 0.3) is 5.91 Å². The van der Waals surface area contributed by atoms with Crippen LogP contribution in [0.3, 0.4) is 0 Å². The van der Waals surface area contributed by atoms with Crippen molar-refractivity contribution in [2.45, 2.75) is 12.8 Å². The highest BCUT2D eigenvalue weighted by Gasteiger charge is 2.21. The minimum Gasteiger partial charge on any atom is -0.493 e. The van der Waals surface area contributed by atoms with Gasteiger partial charge in [-0.05, 0) is 60.4 Å². The van der Waals surface area contributed by atoms with Crippen molar-refractivity contribution < 1.29 is 24.2 Å². The van der Waals surface area contributed by atoms with Crippen molar-refractivity contribution in [3.05, 3.63) is 58.7 Å². The summed E-state index contributed by atoms with van der Waals surface area (Å²) in [6.45, 7) is 1.20. The van der Waals surface area contributed by atoms with Crippen LogP contribution >= 0.6 is 0 Å². The van der Waals surface area contributed by atoms with E-state index in [9.17, 15) is 9.59 Å². The van der Waals surface area contributed by atoms with Gasteiger partial charge in [-0.25, -0.2) is 4.79 Å². The van der Waals surface area contributed by atoms with E-state index >= 15 is 0 Å². The molecule has 0 bridgehead atoms. The molecule has 6 nitrogen and oxygen atoms in total. The maximum atomic E-state index is 12.8. The molecule has 0 unspecified atom stereocenters. The molecule has 1 amide bonds. The fraction of sp³-hybridized carbons (Fsp3) is 0.300. The van der Waals surface area contributed by atoms with Gasteiger partial charge in [0.1, 0.15) is 0 Å². The van der Waals surface area contributed by atoms with Crippen molar-refractivity contribution in [1.82, 2.24) is 4.90 Å². The lowest BCUT2D eigenvalue weighted by Crippen LogP contribution is -2.33. The zero-order valence-electron chi connectivity index (χ0n) is 14.8. The minimum atomic E-state index is -1.00. The van der Waals surface area contributed by atoms with Gasteiger partial charge in [-0.15, -0.1) is 0 Å². The predicted molar refractivity (Wildman–Crippen MR) is 96.3 cm³/mol. The van der Waals surface area contributed by atoms with E-state index in [1.54, 1.807) is 31.3 Å². The van der Waals surface area contributed by atoms with Crippen LogP contribution in [0.1, 0.15) is 31.8 Å². The lowest BCUT2D eigenvalue weighted by molar-refractivity contribution is 0.0694. The van der Waals surface area contributed by atoms with Gasteiger partial charge < -0.3 is 19.5 Å². The van der Waals surface area contributed by atoms with Crippen LogP contribution in [0.4, 0.5) is 0 Å². The predicted octanol–water partition coefficient (Wildman–Crippen LogP) is 2.64. The van der Waals surface area contributed by atoms with Crippen molar-refractivity contribution in [3.8, 4) is 11.5 Å². The largest absolute Gasteiger partial charge is 0.493 e. The molecule has 6 heteroatoms. The van der Waals surface area contributed by atoms with E-state index in [0.717, 1.165) is 24.0 Å².